The number of methoxy groups -OCH3 is 1. The van der Waals surface area contributed by atoms with E-state index >= 15 is 0 Å². The van der Waals surface area contributed by atoms with E-state index in [1.54, 1.807) is 6.07 Å². The summed E-state index contributed by atoms with van der Waals surface area (Å²) in [4.78, 5) is 72.2. The maximum atomic E-state index is 12.8. The molecule has 17 heteroatoms. The molecule has 1 aliphatic carbocycles. The van der Waals surface area contributed by atoms with E-state index in [2.05, 4.69) is 10.6 Å². The van der Waals surface area contributed by atoms with E-state index in [1.165, 1.54) is 7.11 Å². The first-order valence-corrected chi connectivity index (χ1v) is 14.6. The molecule has 7 N–H and O–H groups in total. The van der Waals surface area contributed by atoms with Crippen LogP contribution in [0, 0.1) is 0 Å². The predicted molar refractivity (Wildman–Crippen MR) is 150 cm³/mol. The number of rotatable bonds is 12. The van der Waals surface area contributed by atoms with Crippen LogP contribution >= 0.6 is 11.8 Å². The Bertz CT molecular complexity index is 1610. The molecule has 0 radical (unpaired) electrons. The number of carboxylic acid groups (broad SMARTS) is 2. The minimum absolute atomic E-state index is 0.0259. The topological polar surface area (TPSA) is 254 Å². The fraction of sp³-hybridized carbons (Fsp3) is 0.481. The van der Waals surface area contributed by atoms with Gasteiger partial charge < -0.3 is 50.3 Å². The molecular formula is C27H29N3O13S. The van der Waals surface area contributed by atoms with Crippen molar-refractivity contribution >= 4 is 52.3 Å². The number of benzene rings is 1. The number of aryl methyl sites for hydroxylation is 1. The third-order valence-corrected chi connectivity index (χ3v) is 8.87. The van der Waals surface area contributed by atoms with Gasteiger partial charge >= 0.3 is 17.6 Å². The Hall–Kier alpha value is -4.19. The highest BCUT2D eigenvalue weighted by atomic mass is 32.2. The summed E-state index contributed by atoms with van der Waals surface area (Å²) in [5.41, 5.74) is 4.58. The van der Waals surface area contributed by atoms with Crippen LogP contribution in [0.25, 0.3) is 11.0 Å². The Morgan fingerprint density at radius 2 is 1.95 bits per heavy atom. The van der Waals surface area contributed by atoms with Crippen molar-refractivity contribution in [2.75, 3.05) is 19.4 Å². The Morgan fingerprint density at radius 1 is 1.20 bits per heavy atom. The average molecular weight is 636 g/mol. The van der Waals surface area contributed by atoms with Gasteiger partial charge in [-0.15, -0.1) is 11.8 Å². The summed E-state index contributed by atoms with van der Waals surface area (Å²) >= 11 is 0.946. The van der Waals surface area contributed by atoms with Crippen molar-refractivity contribution in [2.24, 2.45) is 5.73 Å². The van der Waals surface area contributed by atoms with Crippen molar-refractivity contribution < 1.29 is 57.9 Å². The summed E-state index contributed by atoms with van der Waals surface area (Å²) < 4.78 is 23.0. The maximum absolute atomic E-state index is 12.8. The quantitative estimate of drug-likeness (QED) is 0.154. The van der Waals surface area contributed by atoms with Crippen molar-refractivity contribution in [1.82, 2.24) is 10.6 Å². The first kappa shape index (κ1) is 31.2. The Balaban J connectivity index is 1.35. The van der Waals surface area contributed by atoms with Crippen LogP contribution in [-0.4, -0.2) is 94.2 Å². The first-order valence-electron chi connectivity index (χ1n) is 13.5. The summed E-state index contributed by atoms with van der Waals surface area (Å²) in [6.07, 6.45) is -2.31. The van der Waals surface area contributed by atoms with Gasteiger partial charge in [-0.1, -0.05) is 0 Å². The zero-order valence-electron chi connectivity index (χ0n) is 23.2. The largest absolute Gasteiger partial charge is 0.496 e. The lowest BCUT2D eigenvalue weighted by Gasteiger charge is -2.22. The van der Waals surface area contributed by atoms with E-state index in [1.807, 2.05) is 0 Å². The molecule has 0 spiro atoms. The number of thioether (sulfide) groups is 1. The summed E-state index contributed by atoms with van der Waals surface area (Å²) in [6.45, 7) is -0.714. The molecule has 2 amide bonds. The molecule has 3 aliphatic rings. The van der Waals surface area contributed by atoms with Crippen molar-refractivity contribution in [1.29, 1.82) is 0 Å². The number of Topliss-reactive ketones (excluding diaryl/α,β-unsaturated/α-hetero) is 1. The van der Waals surface area contributed by atoms with Crippen molar-refractivity contribution in [2.45, 2.75) is 61.5 Å². The molecule has 16 nitrogen and oxygen atoms in total. The van der Waals surface area contributed by atoms with Crippen molar-refractivity contribution in [3.8, 4) is 11.5 Å². The Kier molecular flexibility index (Phi) is 8.83. The maximum Gasteiger partial charge on any atom is 0.347 e. The normalized spacial score (nSPS) is 22.8. The molecule has 1 fully saturated rings. The number of fused-ring (bicyclic) bond motifs is 7. The molecule has 5 rings (SSSR count). The number of aliphatic hydroxyl groups is 1. The lowest BCUT2D eigenvalue weighted by molar-refractivity contribution is -0.139. The highest BCUT2D eigenvalue weighted by Gasteiger charge is 2.53. The highest BCUT2D eigenvalue weighted by molar-refractivity contribution is 7.99. The zero-order chi connectivity index (χ0) is 31.9. The van der Waals surface area contributed by atoms with E-state index in [0.29, 0.717) is 28.7 Å². The number of hydrogen-bond donors (Lipinski definition) is 6. The zero-order valence-corrected chi connectivity index (χ0v) is 24.0. The molecule has 6 atom stereocenters. The van der Waals surface area contributed by atoms with Crippen LogP contribution in [0.5, 0.6) is 11.5 Å². The summed E-state index contributed by atoms with van der Waals surface area (Å²) in [5.74, 6) is -4.88. The minimum Gasteiger partial charge on any atom is -0.496 e. The van der Waals surface area contributed by atoms with Gasteiger partial charge in [0.2, 0.25) is 18.1 Å². The Morgan fingerprint density at radius 3 is 2.64 bits per heavy atom. The molecule has 2 aliphatic heterocycles. The highest BCUT2D eigenvalue weighted by Crippen LogP contribution is 2.53. The third kappa shape index (κ3) is 5.82. The molecule has 1 saturated heterocycles. The number of aliphatic hydroxyl groups excluding tert-OH is 1. The van der Waals surface area contributed by atoms with E-state index in [4.69, 9.17) is 34.6 Å². The van der Waals surface area contributed by atoms with E-state index in [9.17, 15) is 33.9 Å². The molecule has 3 heterocycles. The van der Waals surface area contributed by atoms with Crippen molar-refractivity contribution in [3.05, 3.63) is 33.2 Å². The molecule has 0 bridgehead atoms. The fourth-order valence-electron chi connectivity index (χ4n) is 5.52. The number of aliphatic carboxylic acids is 2. The number of carbonyl (C=O) groups excluding carboxylic acids is 3. The van der Waals surface area contributed by atoms with Crippen molar-refractivity contribution in [3.63, 3.8) is 0 Å². The fourth-order valence-corrected chi connectivity index (χ4v) is 6.69. The molecular weight excluding hydrogens is 606 g/mol. The van der Waals surface area contributed by atoms with Gasteiger partial charge in [-0.05, 0) is 18.4 Å². The SMILES string of the molecule is COc1cc2c(c3oc(=O)c4c(c13)CCC4=O)[C@H]1[C@@H](O2)O[C@H](SC[C@H](NC(=O)CC[C@H](N)C(=O)O)C(=O)NCC(=O)O)[C@H]1O. The molecule has 1 aromatic carbocycles. The van der Waals surface area contributed by atoms with Gasteiger partial charge in [0.1, 0.15) is 52.8 Å². The minimum atomic E-state index is -1.31. The third-order valence-electron chi connectivity index (χ3n) is 7.63. The van der Waals surface area contributed by atoms with Crippen LogP contribution in [-0.2, 0) is 30.3 Å². The summed E-state index contributed by atoms with van der Waals surface area (Å²) in [5, 5.41) is 34.2. The lowest BCUT2D eigenvalue weighted by Crippen LogP contribution is -2.50. The number of ether oxygens (including phenoxy) is 3. The van der Waals surface area contributed by atoms with Crippen LogP contribution in [0.4, 0.5) is 0 Å². The second kappa shape index (κ2) is 12.4. The van der Waals surface area contributed by atoms with Gasteiger partial charge in [-0.3, -0.25) is 24.0 Å². The smallest absolute Gasteiger partial charge is 0.347 e. The van der Waals surface area contributed by atoms with Crippen LogP contribution in [0.3, 0.4) is 0 Å². The van der Waals surface area contributed by atoms with Crippen LogP contribution in [0.15, 0.2) is 15.3 Å². The van der Waals surface area contributed by atoms with E-state index < -0.39 is 71.8 Å². The number of nitrogens with one attached hydrogen (secondary N) is 2. The second-order valence-corrected chi connectivity index (χ2v) is 11.5. The van der Waals surface area contributed by atoms with Crippen LogP contribution in [0.1, 0.15) is 46.7 Å². The van der Waals surface area contributed by atoms with Gasteiger partial charge in [0.25, 0.3) is 0 Å². The molecule has 2 aromatic rings. The average Bonchev–Trinajstić information content (AvgIpc) is 3.64. The van der Waals surface area contributed by atoms with Gasteiger partial charge in [0.05, 0.1) is 24.0 Å². The molecule has 1 aromatic heterocycles. The summed E-state index contributed by atoms with van der Waals surface area (Å²) in [6, 6.07) is -0.993. The Labute approximate surface area is 252 Å². The van der Waals surface area contributed by atoms with Crippen LogP contribution < -0.4 is 31.5 Å². The monoisotopic (exact) mass is 635 g/mol. The van der Waals surface area contributed by atoms with Gasteiger partial charge in [-0.2, -0.15) is 0 Å². The molecule has 0 unspecified atom stereocenters. The van der Waals surface area contributed by atoms with E-state index in [-0.39, 0.29) is 47.7 Å². The van der Waals surface area contributed by atoms with Gasteiger partial charge in [0.15, 0.2) is 5.78 Å². The summed E-state index contributed by atoms with van der Waals surface area (Å²) in [7, 11) is 1.42. The van der Waals surface area contributed by atoms with Gasteiger partial charge in [0, 0.05) is 24.7 Å². The number of carboxylic acids is 2. The first-order chi connectivity index (χ1) is 20.9. The number of hydrogen-bond acceptors (Lipinski definition) is 13. The molecule has 44 heavy (non-hydrogen) atoms. The number of carbonyl (C=O) groups is 5. The van der Waals surface area contributed by atoms with E-state index in [0.717, 1.165) is 11.8 Å². The molecule has 0 saturated carbocycles. The second-order valence-electron chi connectivity index (χ2n) is 10.4. The van der Waals surface area contributed by atoms with Gasteiger partial charge in [-0.25, -0.2) is 4.79 Å². The van der Waals surface area contributed by atoms with Crippen LogP contribution in [0.2, 0.25) is 0 Å². The number of amides is 2. The number of nitrogens with two attached hydrogens (primary N) is 1. The number of ketones is 1. The predicted octanol–water partition coefficient (Wildman–Crippen LogP) is -0.939. The molecule has 236 valence electrons. The standard InChI is InChI=1S/C27H29N3O13S/c1-40-13-6-14-19(22-18(13)9-2-4-12(31)17(9)25(39)42-22)20-21(35)27(43-26(20)41-14)44-8-11(23(36)29-7-16(33)34)30-15(32)5-3-10(28)24(37)38/h6,10-11,20-21,26-27,35H,2-5,7-8,28H2,1H3,(H,29,36)(H,30,32)(H,33,34)(H,37,38)/t10-,11-,20+,21-,26-,27+/m0/s1. The lowest BCUT2D eigenvalue weighted by atomic mass is 9.92.